The van der Waals surface area contributed by atoms with Crippen LogP contribution in [0.4, 0.5) is 0 Å². The number of morpholine rings is 1. The van der Waals surface area contributed by atoms with E-state index in [4.69, 9.17) is 17.0 Å². The molecule has 1 heterocycles. The highest BCUT2D eigenvalue weighted by molar-refractivity contribution is 7.80. The van der Waals surface area contributed by atoms with Crippen LogP contribution in [-0.2, 0) is 4.74 Å². The summed E-state index contributed by atoms with van der Waals surface area (Å²) in [5, 5.41) is 4.18. The maximum absolute atomic E-state index is 5.31. The Morgan fingerprint density at radius 2 is 1.94 bits per heavy atom. The summed E-state index contributed by atoms with van der Waals surface area (Å²) in [6.07, 6.45) is 0. The van der Waals surface area contributed by atoms with Crippen LogP contribution in [0, 0.1) is 0 Å². The Balaban J connectivity index is 2.11. The van der Waals surface area contributed by atoms with Crippen molar-refractivity contribution in [3.63, 3.8) is 0 Å². The summed E-state index contributed by atoms with van der Waals surface area (Å²) in [5.41, 5.74) is 0. The van der Waals surface area contributed by atoms with Crippen molar-refractivity contribution in [1.29, 1.82) is 0 Å². The first-order chi connectivity index (χ1) is 7.77. The second-order valence-electron chi connectivity index (χ2n) is 3.86. The third kappa shape index (κ3) is 4.63. The summed E-state index contributed by atoms with van der Waals surface area (Å²) in [4.78, 5) is 4.57. The van der Waals surface area contributed by atoms with Crippen LogP contribution < -0.4 is 5.32 Å². The molecule has 1 saturated heterocycles. The van der Waals surface area contributed by atoms with Crippen molar-refractivity contribution in [3.05, 3.63) is 0 Å². The van der Waals surface area contributed by atoms with Gasteiger partial charge in [0, 0.05) is 39.3 Å². The number of nitrogens with zero attached hydrogens (tertiary/aromatic N) is 2. The molecule has 0 atom stereocenters. The maximum atomic E-state index is 5.31. The van der Waals surface area contributed by atoms with Gasteiger partial charge < -0.3 is 15.0 Å². The fraction of sp³-hybridized carbons (Fsp3) is 0.909. The summed E-state index contributed by atoms with van der Waals surface area (Å²) in [6, 6.07) is 0. The molecule has 0 aromatic heterocycles. The predicted molar refractivity (Wildman–Crippen MR) is 70.8 cm³/mol. The van der Waals surface area contributed by atoms with Crippen LogP contribution in [0.3, 0.4) is 0 Å². The van der Waals surface area contributed by atoms with Crippen LogP contribution >= 0.6 is 12.2 Å². The minimum atomic E-state index is 0.862. The quantitative estimate of drug-likeness (QED) is 0.714. The Morgan fingerprint density at radius 3 is 2.50 bits per heavy atom. The molecule has 1 N–H and O–H groups in total. The van der Waals surface area contributed by atoms with E-state index in [0.29, 0.717) is 0 Å². The third-order valence-corrected chi connectivity index (χ3v) is 3.26. The van der Waals surface area contributed by atoms with Gasteiger partial charge in [0.2, 0.25) is 0 Å². The Bertz CT molecular complexity index is 203. The molecule has 0 aromatic carbocycles. The lowest BCUT2D eigenvalue weighted by molar-refractivity contribution is 0.0389. The highest BCUT2D eigenvalue weighted by atomic mass is 32.1. The van der Waals surface area contributed by atoms with Gasteiger partial charge in [0.1, 0.15) is 0 Å². The summed E-state index contributed by atoms with van der Waals surface area (Å²) in [5.74, 6) is 0. The second-order valence-corrected chi connectivity index (χ2v) is 4.24. The average Bonchev–Trinajstić information content (AvgIpc) is 2.32. The van der Waals surface area contributed by atoms with E-state index in [0.717, 1.165) is 57.6 Å². The Labute approximate surface area is 104 Å². The van der Waals surface area contributed by atoms with E-state index in [-0.39, 0.29) is 0 Å². The van der Waals surface area contributed by atoms with E-state index < -0.39 is 0 Å². The first-order valence-corrected chi connectivity index (χ1v) is 6.51. The maximum Gasteiger partial charge on any atom is 0.168 e. The number of thiocarbonyl (C=S) groups is 1. The molecule has 94 valence electrons. The van der Waals surface area contributed by atoms with Crippen molar-refractivity contribution in [3.8, 4) is 0 Å². The molecule has 0 amide bonds. The zero-order chi connectivity index (χ0) is 11.8. The second kappa shape index (κ2) is 7.81. The van der Waals surface area contributed by atoms with Crippen LogP contribution in [0.15, 0.2) is 0 Å². The van der Waals surface area contributed by atoms with Gasteiger partial charge in [-0.1, -0.05) is 0 Å². The minimum Gasteiger partial charge on any atom is -0.379 e. The molecule has 4 nitrogen and oxygen atoms in total. The van der Waals surface area contributed by atoms with Crippen molar-refractivity contribution in [2.45, 2.75) is 13.8 Å². The smallest absolute Gasteiger partial charge is 0.168 e. The lowest BCUT2D eigenvalue weighted by Crippen LogP contribution is -2.45. The van der Waals surface area contributed by atoms with E-state index in [9.17, 15) is 0 Å². The van der Waals surface area contributed by atoms with E-state index in [1.807, 2.05) is 0 Å². The summed E-state index contributed by atoms with van der Waals surface area (Å²) in [6.45, 7) is 12.0. The number of ether oxygens (including phenoxy) is 1. The lowest BCUT2D eigenvalue weighted by atomic mass is 10.4. The summed E-state index contributed by atoms with van der Waals surface area (Å²) in [7, 11) is 0. The van der Waals surface area contributed by atoms with Crippen molar-refractivity contribution in [2.24, 2.45) is 0 Å². The lowest BCUT2D eigenvalue weighted by Gasteiger charge is -2.28. The van der Waals surface area contributed by atoms with Crippen molar-refractivity contribution in [2.75, 3.05) is 52.5 Å². The molecular formula is C11H23N3OS. The van der Waals surface area contributed by atoms with Gasteiger partial charge in [-0.3, -0.25) is 4.90 Å². The van der Waals surface area contributed by atoms with Crippen LogP contribution in [0.2, 0.25) is 0 Å². The highest BCUT2D eigenvalue weighted by Gasteiger charge is 2.10. The zero-order valence-corrected chi connectivity index (χ0v) is 11.2. The molecule has 16 heavy (non-hydrogen) atoms. The number of nitrogens with one attached hydrogen (secondary N) is 1. The van der Waals surface area contributed by atoms with E-state index in [1.54, 1.807) is 0 Å². The van der Waals surface area contributed by atoms with E-state index in [2.05, 4.69) is 29.0 Å². The fourth-order valence-electron chi connectivity index (χ4n) is 1.77. The predicted octanol–water partition coefficient (Wildman–Crippen LogP) is 0.535. The standard InChI is InChI=1S/C11H23N3OS/c1-3-14(4-2)11(16)12-5-6-13-7-9-15-10-8-13/h3-10H2,1-2H3,(H,12,16). The number of rotatable bonds is 5. The van der Waals surface area contributed by atoms with Gasteiger partial charge >= 0.3 is 0 Å². The molecule has 1 aliphatic heterocycles. The van der Waals surface area contributed by atoms with E-state index >= 15 is 0 Å². The van der Waals surface area contributed by atoms with Gasteiger partial charge in [-0.2, -0.15) is 0 Å². The van der Waals surface area contributed by atoms with Crippen LogP contribution in [0.1, 0.15) is 13.8 Å². The van der Waals surface area contributed by atoms with Crippen LogP contribution in [-0.4, -0.2) is 67.4 Å². The molecular weight excluding hydrogens is 222 g/mol. The fourth-order valence-corrected chi connectivity index (χ4v) is 2.13. The Hall–Kier alpha value is -0.390. The molecule has 1 aliphatic rings. The highest BCUT2D eigenvalue weighted by Crippen LogP contribution is 1.95. The van der Waals surface area contributed by atoms with E-state index in [1.165, 1.54) is 0 Å². The molecule has 0 aliphatic carbocycles. The average molecular weight is 245 g/mol. The van der Waals surface area contributed by atoms with Gasteiger partial charge in [-0.05, 0) is 26.1 Å². The Morgan fingerprint density at radius 1 is 1.31 bits per heavy atom. The normalized spacial score (nSPS) is 17.1. The van der Waals surface area contributed by atoms with Crippen LogP contribution in [0.5, 0.6) is 0 Å². The van der Waals surface area contributed by atoms with Crippen molar-refractivity contribution >= 4 is 17.3 Å². The van der Waals surface area contributed by atoms with Crippen molar-refractivity contribution < 1.29 is 4.74 Å². The van der Waals surface area contributed by atoms with Gasteiger partial charge in [0.15, 0.2) is 5.11 Å². The number of hydrogen-bond acceptors (Lipinski definition) is 3. The first-order valence-electron chi connectivity index (χ1n) is 6.10. The van der Waals surface area contributed by atoms with Crippen LogP contribution in [0.25, 0.3) is 0 Å². The van der Waals surface area contributed by atoms with Gasteiger partial charge in [0.05, 0.1) is 13.2 Å². The molecule has 0 aromatic rings. The van der Waals surface area contributed by atoms with Gasteiger partial charge in [-0.15, -0.1) is 0 Å². The van der Waals surface area contributed by atoms with Gasteiger partial charge in [0.25, 0.3) is 0 Å². The Kier molecular flexibility index (Phi) is 6.68. The summed E-state index contributed by atoms with van der Waals surface area (Å²) < 4.78 is 5.30. The molecule has 0 radical (unpaired) electrons. The number of hydrogen-bond donors (Lipinski definition) is 1. The summed E-state index contributed by atoms with van der Waals surface area (Å²) >= 11 is 5.31. The molecule has 0 spiro atoms. The SMILES string of the molecule is CCN(CC)C(=S)NCCN1CCOCC1. The first kappa shape index (κ1) is 13.7. The molecule has 0 saturated carbocycles. The molecule has 0 unspecified atom stereocenters. The van der Waals surface area contributed by atoms with Gasteiger partial charge in [-0.25, -0.2) is 0 Å². The monoisotopic (exact) mass is 245 g/mol. The minimum absolute atomic E-state index is 0.862. The molecule has 1 rings (SSSR count). The zero-order valence-electron chi connectivity index (χ0n) is 10.4. The van der Waals surface area contributed by atoms with Crippen molar-refractivity contribution in [1.82, 2.24) is 15.1 Å². The molecule has 0 bridgehead atoms. The third-order valence-electron chi connectivity index (χ3n) is 2.86. The topological polar surface area (TPSA) is 27.7 Å². The largest absolute Gasteiger partial charge is 0.379 e. The molecule has 5 heteroatoms. The molecule has 1 fully saturated rings.